The molecular formula is C11H14N4. The molecule has 3 N–H and O–H groups in total. The zero-order valence-electron chi connectivity index (χ0n) is 8.75. The van der Waals surface area contributed by atoms with E-state index < -0.39 is 0 Å². The minimum Gasteiger partial charge on any atom is -0.396 e. The Kier molecular flexibility index (Phi) is 2.24. The van der Waals surface area contributed by atoms with Crippen LogP contribution in [0.4, 0.5) is 11.5 Å². The average Bonchev–Trinajstić information content (AvgIpc) is 2.18. The van der Waals surface area contributed by atoms with Crippen molar-refractivity contribution in [3.8, 4) is 6.07 Å². The molecule has 1 aromatic rings. The molecule has 0 radical (unpaired) electrons. The van der Waals surface area contributed by atoms with Crippen LogP contribution >= 0.6 is 0 Å². The van der Waals surface area contributed by atoms with Crippen LogP contribution in [-0.2, 0) is 0 Å². The van der Waals surface area contributed by atoms with E-state index in [4.69, 9.17) is 11.0 Å². The van der Waals surface area contributed by atoms with Gasteiger partial charge < -0.3 is 11.1 Å². The van der Waals surface area contributed by atoms with Crippen LogP contribution < -0.4 is 11.1 Å². The van der Waals surface area contributed by atoms with E-state index in [2.05, 4.69) is 17.2 Å². The van der Waals surface area contributed by atoms with Gasteiger partial charge in [0.2, 0.25) is 0 Å². The molecule has 1 fully saturated rings. The Morgan fingerprint density at radius 3 is 2.80 bits per heavy atom. The Morgan fingerprint density at radius 2 is 2.27 bits per heavy atom. The lowest BCUT2D eigenvalue weighted by molar-refractivity contribution is 0.306. The van der Waals surface area contributed by atoms with Gasteiger partial charge in [0.1, 0.15) is 11.9 Å². The quantitative estimate of drug-likeness (QED) is 0.768. The fourth-order valence-corrected chi connectivity index (χ4v) is 1.77. The van der Waals surface area contributed by atoms with Crippen LogP contribution in [0, 0.1) is 11.3 Å². The van der Waals surface area contributed by atoms with Gasteiger partial charge in [0.05, 0.1) is 5.69 Å². The highest BCUT2D eigenvalue weighted by atomic mass is 15.1. The van der Waals surface area contributed by atoms with Crippen molar-refractivity contribution in [3.63, 3.8) is 0 Å². The van der Waals surface area contributed by atoms with E-state index >= 15 is 0 Å². The first-order chi connectivity index (χ1) is 7.13. The summed E-state index contributed by atoms with van der Waals surface area (Å²) in [5.74, 6) is 0.739. The Bertz CT molecular complexity index is 415. The van der Waals surface area contributed by atoms with Gasteiger partial charge in [-0.25, -0.2) is 4.98 Å². The second kappa shape index (κ2) is 3.43. The smallest absolute Gasteiger partial charge is 0.165 e. The number of nitrogens with one attached hydrogen (secondary N) is 1. The average molecular weight is 202 g/mol. The lowest BCUT2D eigenvalue weighted by Crippen LogP contribution is -2.41. The van der Waals surface area contributed by atoms with Crippen LogP contribution in [0.1, 0.15) is 31.9 Å². The third kappa shape index (κ3) is 1.86. The summed E-state index contributed by atoms with van der Waals surface area (Å²) in [7, 11) is 0. The van der Waals surface area contributed by atoms with E-state index in [1.165, 1.54) is 6.42 Å². The second-order valence-electron chi connectivity index (χ2n) is 4.29. The topological polar surface area (TPSA) is 74.7 Å². The molecule has 0 aliphatic heterocycles. The Balaban J connectivity index is 2.19. The van der Waals surface area contributed by atoms with Gasteiger partial charge in [-0.2, -0.15) is 5.26 Å². The van der Waals surface area contributed by atoms with Crippen molar-refractivity contribution in [2.24, 2.45) is 0 Å². The molecule has 0 spiro atoms. The number of nitrogens with zero attached hydrogens (tertiary/aromatic N) is 2. The molecule has 0 unspecified atom stereocenters. The normalized spacial score (nSPS) is 17.6. The summed E-state index contributed by atoms with van der Waals surface area (Å²) in [5.41, 5.74) is 6.47. The highest BCUT2D eigenvalue weighted by molar-refractivity contribution is 5.55. The predicted octanol–water partition coefficient (Wildman–Crippen LogP) is 1.89. The SMILES string of the molecule is CC1(Nc2ccc(N)c(C#N)n2)CCC1. The van der Waals surface area contributed by atoms with Crippen molar-refractivity contribution in [3.05, 3.63) is 17.8 Å². The summed E-state index contributed by atoms with van der Waals surface area (Å²) in [6.45, 7) is 2.17. The third-order valence-electron chi connectivity index (χ3n) is 2.92. The molecular weight excluding hydrogens is 188 g/mol. The van der Waals surface area contributed by atoms with Gasteiger partial charge in [-0.15, -0.1) is 0 Å². The van der Waals surface area contributed by atoms with Crippen molar-refractivity contribution in [1.29, 1.82) is 5.26 Å². The number of pyridine rings is 1. The number of hydrogen-bond donors (Lipinski definition) is 2. The third-order valence-corrected chi connectivity index (χ3v) is 2.92. The van der Waals surface area contributed by atoms with Crippen molar-refractivity contribution >= 4 is 11.5 Å². The molecule has 0 saturated heterocycles. The summed E-state index contributed by atoms with van der Waals surface area (Å²) >= 11 is 0. The molecule has 15 heavy (non-hydrogen) atoms. The number of nitrogens with two attached hydrogens (primary N) is 1. The monoisotopic (exact) mass is 202 g/mol. The van der Waals surface area contributed by atoms with Gasteiger partial charge in [-0.05, 0) is 38.3 Å². The van der Waals surface area contributed by atoms with Crippen LogP contribution in [0.3, 0.4) is 0 Å². The van der Waals surface area contributed by atoms with E-state index in [0.717, 1.165) is 18.7 Å². The molecule has 0 aromatic carbocycles. The number of nitriles is 1. The van der Waals surface area contributed by atoms with E-state index in [1.807, 2.05) is 12.1 Å². The molecule has 0 atom stereocenters. The number of rotatable bonds is 2. The number of aromatic nitrogens is 1. The van der Waals surface area contributed by atoms with Gasteiger partial charge >= 0.3 is 0 Å². The molecule has 1 aromatic heterocycles. The van der Waals surface area contributed by atoms with E-state index in [1.54, 1.807) is 6.07 Å². The Hall–Kier alpha value is -1.76. The highest BCUT2D eigenvalue weighted by Gasteiger charge is 2.31. The first kappa shape index (κ1) is 9.78. The molecule has 1 aliphatic rings. The zero-order valence-corrected chi connectivity index (χ0v) is 8.75. The molecule has 1 heterocycles. The first-order valence-electron chi connectivity index (χ1n) is 5.08. The van der Waals surface area contributed by atoms with Crippen LogP contribution in [0.25, 0.3) is 0 Å². The first-order valence-corrected chi connectivity index (χ1v) is 5.08. The number of anilines is 2. The van der Waals surface area contributed by atoms with Crippen molar-refractivity contribution in [2.75, 3.05) is 11.1 Å². The molecule has 78 valence electrons. The minimum atomic E-state index is 0.149. The van der Waals surface area contributed by atoms with Crippen LogP contribution in [0.15, 0.2) is 12.1 Å². The van der Waals surface area contributed by atoms with E-state index in [9.17, 15) is 0 Å². The lowest BCUT2D eigenvalue weighted by atomic mass is 9.78. The maximum absolute atomic E-state index is 8.79. The Labute approximate surface area is 89.1 Å². The Morgan fingerprint density at radius 1 is 1.53 bits per heavy atom. The van der Waals surface area contributed by atoms with E-state index in [0.29, 0.717) is 11.4 Å². The molecule has 1 saturated carbocycles. The van der Waals surface area contributed by atoms with Gasteiger partial charge in [0, 0.05) is 5.54 Å². The summed E-state index contributed by atoms with van der Waals surface area (Å²) in [6, 6.07) is 5.52. The minimum absolute atomic E-state index is 0.149. The predicted molar refractivity (Wildman–Crippen MR) is 59.2 cm³/mol. The van der Waals surface area contributed by atoms with Crippen LogP contribution in [0.5, 0.6) is 0 Å². The fourth-order valence-electron chi connectivity index (χ4n) is 1.77. The summed E-state index contributed by atoms with van der Waals surface area (Å²) < 4.78 is 0. The fraction of sp³-hybridized carbons (Fsp3) is 0.455. The molecule has 0 amide bonds. The standard InChI is InChI=1S/C11H14N4/c1-11(5-2-6-11)15-10-4-3-8(13)9(7-12)14-10/h3-4H,2,5-6,13H2,1H3,(H,14,15). The number of hydrogen-bond acceptors (Lipinski definition) is 4. The van der Waals surface area contributed by atoms with Crippen molar-refractivity contribution in [2.45, 2.75) is 31.7 Å². The molecule has 1 aliphatic carbocycles. The van der Waals surface area contributed by atoms with Gasteiger partial charge in [0.15, 0.2) is 5.69 Å². The van der Waals surface area contributed by atoms with E-state index in [-0.39, 0.29) is 5.54 Å². The summed E-state index contributed by atoms with van der Waals surface area (Å²) in [5, 5.41) is 12.1. The summed E-state index contributed by atoms with van der Waals surface area (Å²) in [6.07, 6.45) is 3.56. The van der Waals surface area contributed by atoms with Crippen LogP contribution in [0.2, 0.25) is 0 Å². The lowest BCUT2D eigenvalue weighted by Gasteiger charge is -2.39. The molecule has 4 nitrogen and oxygen atoms in total. The molecule has 4 heteroatoms. The molecule has 2 rings (SSSR count). The maximum atomic E-state index is 8.79. The van der Waals surface area contributed by atoms with Gasteiger partial charge in [-0.3, -0.25) is 0 Å². The zero-order chi connectivity index (χ0) is 10.9. The second-order valence-corrected chi connectivity index (χ2v) is 4.29. The van der Waals surface area contributed by atoms with Gasteiger partial charge in [0.25, 0.3) is 0 Å². The van der Waals surface area contributed by atoms with Crippen molar-refractivity contribution in [1.82, 2.24) is 4.98 Å². The summed E-state index contributed by atoms with van der Waals surface area (Å²) in [4.78, 5) is 4.16. The van der Waals surface area contributed by atoms with Gasteiger partial charge in [-0.1, -0.05) is 0 Å². The highest BCUT2D eigenvalue weighted by Crippen LogP contribution is 2.34. The number of nitrogen functional groups attached to an aromatic ring is 1. The largest absolute Gasteiger partial charge is 0.396 e. The van der Waals surface area contributed by atoms with Crippen LogP contribution in [-0.4, -0.2) is 10.5 Å². The van der Waals surface area contributed by atoms with Crippen molar-refractivity contribution < 1.29 is 0 Å². The maximum Gasteiger partial charge on any atom is 0.165 e. The molecule has 0 bridgehead atoms.